The summed E-state index contributed by atoms with van der Waals surface area (Å²) in [7, 11) is 0. The van der Waals surface area contributed by atoms with Crippen LogP contribution in [0.2, 0.25) is 0 Å². The van der Waals surface area contributed by atoms with Crippen LogP contribution in [0.15, 0.2) is 0 Å². The fraction of sp³-hybridized carbons (Fsp3) is 0.625. The first kappa shape index (κ1) is 23.0. The third kappa shape index (κ3) is 5.43. The van der Waals surface area contributed by atoms with Gasteiger partial charge in [-0.2, -0.15) is 0 Å². The highest BCUT2D eigenvalue weighted by Gasteiger charge is 2.50. The van der Waals surface area contributed by atoms with Crippen LogP contribution < -0.4 is 0 Å². The van der Waals surface area contributed by atoms with Gasteiger partial charge in [0.1, 0.15) is 19.1 Å². The van der Waals surface area contributed by atoms with Crippen LogP contribution in [-0.2, 0) is 28.7 Å². The Labute approximate surface area is 182 Å². The van der Waals surface area contributed by atoms with Gasteiger partial charge in [0.25, 0.3) is 0 Å². The largest absolute Gasteiger partial charge is 0.466 e. The highest BCUT2D eigenvalue weighted by molar-refractivity contribution is 8.27. The molecule has 8 nitrogen and oxygen atoms in total. The smallest absolute Gasteiger partial charge is 0.307 e. The van der Waals surface area contributed by atoms with Crippen LogP contribution in [0.3, 0.4) is 0 Å². The first-order valence-corrected chi connectivity index (χ1v) is 11.2. The molecule has 2 aliphatic heterocycles. The van der Waals surface area contributed by atoms with Crippen molar-refractivity contribution in [3.63, 3.8) is 0 Å². The normalized spacial score (nSPS) is 22.2. The third-order valence-electron chi connectivity index (χ3n) is 3.88. The summed E-state index contributed by atoms with van der Waals surface area (Å²) in [5, 5.41) is -1.42. The summed E-state index contributed by atoms with van der Waals surface area (Å²) in [5.74, 6) is -1.46. The molecule has 2 fully saturated rings. The molecule has 0 aromatic rings. The zero-order valence-electron chi connectivity index (χ0n) is 15.4. The topological polar surface area (TPSA) is 93.2 Å². The van der Waals surface area contributed by atoms with Gasteiger partial charge in [-0.15, -0.1) is 0 Å². The summed E-state index contributed by atoms with van der Waals surface area (Å²) in [5.41, 5.74) is 0. The number of carbonyl (C=O) groups excluding carboxylic acids is 4. The van der Waals surface area contributed by atoms with Crippen molar-refractivity contribution < 1.29 is 28.7 Å². The van der Waals surface area contributed by atoms with Gasteiger partial charge in [0.05, 0.1) is 26.1 Å². The molecule has 2 amide bonds. The molecule has 0 unspecified atom stereocenters. The van der Waals surface area contributed by atoms with E-state index in [1.807, 2.05) is 0 Å². The predicted octanol–water partition coefficient (Wildman–Crippen LogP) is 1.35. The molecule has 0 aromatic heterocycles. The highest BCUT2D eigenvalue weighted by atomic mass is 32.2. The molecule has 0 aliphatic carbocycles. The number of thiocarbonyl (C=S) groups is 2. The first-order valence-electron chi connectivity index (χ1n) is 8.65. The average Bonchev–Trinajstić information content (AvgIpc) is 3.07. The number of nitrogens with zero attached hydrogens (tertiary/aromatic N) is 2. The van der Waals surface area contributed by atoms with E-state index in [4.69, 9.17) is 33.9 Å². The molecule has 0 spiro atoms. The summed E-state index contributed by atoms with van der Waals surface area (Å²) in [6, 6.07) is 0. The molecule has 28 heavy (non-hydrogen) atoms. The minimum Gasteiger partial charge on any atom is -0.466 e. The second kappa shape index (κ2) is 10.5. The number of hydrogen-bond donors (Lipinski definition) is 0. The van der Waals surface area contributed by atoms with Crippen LogP contribution in [-0.4, -0.2) is 79.0 Å². The van der Waals surface area contributed by atoms with Gasteiger partial charge in [0, 0.05) is 13.1 Å². The van der Waals surface area contributed by atoms with Gasteiger partial charge in [-0.25, -0.2) is 0 Å². The van der Waals surface area contributed by atoms with Crippen molar-refractivity contribution in [1.29, 1.82) is 0 Å². The third-order valence-corrected chi connectivity index (χ3v) is 7.37. The Bertz CT molecular complexity index is 643. The lowest BCUT2D eigenvalue weighted by molar-refractivity contribution is -0.145. The highest BCUT2D eigenvalue weighted by Crippen LogP contribution is 2.40. The van der Waals surface area contributed by atoms with E-state index in [0.717, 1.165) is 23.5 Å². The van der Waals surface area contributed by atoms with E-state index >= 15 is 0 Å². The van der Waals surface area contributed by atoms with Crippen molar-refractivity contribution in [2.75, 3.05) is 26.3 Å². The summed E-state index contributed by atoms with van der Waals surface area (Å²) >= 11 is 12.7. The maximum Gasteiger partial charge on any atom is 0.307 e. The Morgan fingerprint density at radius 2 is 1.21 bits per heavy atom. The molecular weight excluding hydrogens is 444 g/mol. The van der Waals surface area contributed by atoms with Gasteiger partial charge >= 0.3 is 11.9 Å². The summed E-state index contributed by atoms with van der Waals surface area (Å²) in [6.07, 6.45) is 0.0612. The molecule has 2 heterocycles. The number of carbonyl (C=O) groups is 4. The fourth-order valence-electron chi connectivity index (χ4n) is 2.59. The molecule has 0 aromatic carbocycles. The van der Waals surface area contributed by atoms with Crippen LogP contribution in [0.1, 0.15) is 26.7 Å². The summed E-state index contributed by atoms with van der Waals surface area (Å²) in [6.45, 7) is 4.16. The number of rotatable bonds is 9. The van der Waals surface area contributed by atoms with Gasteiger partial charge in [-0.05, 0) is 13.8 Å². The first-order chi connectivity index (χ1) is 13.3. The van der Waals surface area contributed by atoms with E-state index < -0.39 is 22.4 Å². The van der Waals surface area contributed by atoms with Crippen LogP contribution >= 0.6 is 48.0 Å². The van der Waals surface area contributed by atoms with Gasteiger partial charge in [-0.1, -0.05) is 48.0 Å². The molecule has 2 atom stereocenters. The van der Waals surface area contributed by atoms with Gasteiger partial charge in [-0.3, -0.25) is 29.0 Å². The minimum absolute atomic E-state index is 0.0306. The molecule has 0 saturated carbocycles. The molecule has 2 saturated heterocycles. The number of ether oxygens (including phenoxy) is 2. The van der Waals surface area contributed by atoms with Crippen LogP contribution in [0.4, 0.5) is 0 Å². The molecule has 0 bridgehead atoms. The second-order valence-electron chi connectivity index (χ2n) is 5.70. The lowest BCUT2D eigenvalue weighted by Crippen LogP contribution is -2.41. The molecule has 154 valence electrons. The summed E-state index contributed by atoms with van der Waals surface area (Å²) < 4.78 is 10.4. The minimum atomic E-state index is -0.710. The monoisotopic (exact) mass is 464 g/mol. The Kier molecular flexibility index (Phi) is 8.65. The lowest BCUT2D eigenvalue weighted by atomic mass is 10.2. The second-order valence-corrected chi connectivity index (χ2v) is 9.25. The van der Waals surface area contributed by atoms with Gasteiger partial charge in [0.15, 0.2) is 0 Å². The quantitative estimate of drug-likeness (QED) is 0.368. The Hall–Kier alpha value is -1.24. The van der Waals surface area contributed by atoms with Crippen LogP contribution in [0.5, 0.6) is 0 Å². The van der Waals surface area contributed by atoms with Crippen molar-refractivity contribution in [2.45, 2.75) is 37.2 Å². The van der Waals surface area contributed by atoms with Crippen molar-refractivity contribution in [3.05, 3.63) is 0 Å². The van der Waals surface area contributed by atoms with E-state index in [0.29, 0.717) is 8.64 Å². The van der Waals surface area contributed by atoms with Crippen LogP contribution in [0.25, 0.3) is 0 Å². The van der Waals surface area contributed by atoms with E-state index in [-0.39, 0.29) is 51.0 Å². The maximum absolute atomic E-state index is 12.7. The zero-order chi connectivity index (χ0) is 20.8. The number of amides is 2. The lowest BCUT2D eigenvalue weighted by Gasteiger charge is -2.17. The fourth-order valence-corrected chi connectivity index (χ4v) is 5.90. The number of hydrogen-bond acceptors (Lipinski definition) is 10. The molecule has 2 aliphatic rings. The maximum atomic E-state index is 12.7. The van der Waals surface area contributed by atoms with Crippen LogP contribution in [0, 0.1) is 0 Å². The average molecular weight is 465 g/mol. The standard InChI is InChI=1S/C16H20N2O6S4/c1-3-23-9(19)5-7-17-13(21)11(27-15(17)25)12-14(22)18(16(26)28-12)8-6-10(20)24-4-2/h11-12H,3-8H2,1-2H3/t11-,12-/m0/s1. The Balaban J connectivity index is 1.97. The van der Waals surface area contributed by atoms with Crippen molar-refractivity contribution in [1.82, 2.24) is 9.80 Å². The van der Waals surface area contributed by atoms with Crippen molar-refractivity contribution >= 4 is 80.4 Å². The zero-order valence-corrected chi connectivity index (χ0v) is 18.6. The van der Waals surface area contributed by atoms with E-state index in [2.05, 4.69) is 0 Å². The van der Waals surface area contributed by atoms with E-state index in [1.165, 1.54) is 9.80 Å². The SMILES string of the molecule is CCOC(=O)CCN1C(=O)[C@H]([C@@H]2SC(=S)N(CCC(=O)OCC)C2=O)SC1=S. The van der Waals surface area contributed by atoms with Gasteiger partial charge in [0.2, 0.25) is 11.8 Å². The Morgan fingerprint density at radius 3 is 1.54 bits per heavy atom. The number of esters is 2. The molecule has 0 radical (unpaired) electrons. The molecule has 12 heteroatoms. The van der Waals surface area contributed by atoms with Crippen molar-refractivity contribution in [2.24, 2.45) is 0 Å². The van der Waals surface area contributed by atoms with E-state index in [9.17, 15) is 19.2 Å². The van der Waals surface area contributed by atoms with Crippen molar-refractivity contribution in [3.8, 4) is 0 Å². The van der Waals surface area contributed by atoms with E-state index in [1.54, 1.807) is 13.8 Å². The molecule has 0 N–H and O–H groups in total. The molecular formula is C16H20N2O6S4. The number of thioether (sulfide) groups is 2. The molecule has 2 rings (SSSR count). The Morgan fingerprint density at radius 1 is 0.857 bits per heavy atom. The summed E-state index contributed by atoms with van der Waals surface area (Å²) in [4.78, 5) is 51.2. The predicted molar refractivity (Wildman–Crippen MR) is 114 cm³/mol. The van der Waals surface area contributed by atoms with Gasteiger partial charge < -0.3 is 9.47 Å².